The lowest BCUT2D eigenvalue weighted by Gasteiger charge is -2.10. The highest BCUT2D eigenvalue weighted by Gasteiger charge is 2.08. The highest BCUT2D eigenvalue weighted by atomic mass is 32.1. The molecular weight excluding hydrogens is 434 g/mol. The van der Waals surface area contributed by atoms with E-state index in [2.05, 4.69) is 35.9 Å². The summed E-state index contributed by atoms with van der Waals surface area (Å²) < 4.78 is 0.985. The molecule has 3 aromatic heterocycles. The fourth-order valence-corrected chi connectivity index (χ4v) is 3.93. The maximum Gasteiger partial charge on any atom is 0.255 e. The van der Waals surface area contributed by atoms with E-state index in [0.29, 0.717) is 28.7 Å². The van der Waals surface area contributed by atoms with Crippen molar-refractivity contribution in [2.24, 2.45) is 0 Å². The van der Waals surface area contributed by atoms with Crippen molar-refractivity contribution in [1.29, 1.82) is 0 Å². The van der Waals surface area contributed by atoms with Gasteiger partial charge in [-0.05, 0) is 67.1 Å². The summed E-state index contributed by atoms with van der Waals surface area (Å²) >= 11 is 1.51. The van der Waals surface area contributed by atoms with Crippen LogP contribution in [0.2, 0.25) is 0 Å². The third-order valence-electron chi connectivity index (χ3n) is 4.85. The Kier molecular flexibility index (Phi) is 5.61. The molecule has 3 heterocycles. The Morgan fingerprint density at radius 1 is 0.788 bits per heavy atom. The standard InChI is InChI=1S/C24H19N7OS/c1-15-8-9-25-21(10-15)31-23-12-22(26-13-27-23)29-17-3-5-18(6-4-17)30-24(32)16-2-7-19-20(11-16)33-14-28-19/h2-14H,1H3,(H,30,32)(H2,25,26,27,29,31). The number of amides is 1. The lowest BCUT2D eigenvalue weighted by Crippen LogP contribution is -2.11. The van der Waals surface area contributed by atoms with E-state index in [1.807, 2.05) is 55.5 Å². The second-order valence-corrected chi connectivity index (χ2v) is 8.21. The van der Waals surface area contributed by atoms with Crippen LogP contribution in [0, 0.1) is 6.92 Å². The molecule has 33 heavy (non-hydrogen) atoms. The van der Waals surface area contributed by atoms with Gasteiger partial charge in [-0.15, -0.1) is 11.3 Å². The molecule has 162 valence electrons. The second-order valence-electron chi connectivity index (χ2n) is 7.32. The van der Waals surface area contributed by atoms with Crippen LogP contribution in [0.15, 0.2) is 78.7 Å². The summed E-state index contributed by atoms with van der Waals surface area (Å²) in [4.78, 5) is 29.6. The topological polar surface area (TPSA) is 105 Å². The van der Waals surface area contributed by atoms with Crippen molar-refractivity contribution in [2.75, 3.05) is 16.0 Å². The van der Waals surface area contributed by atoms with Crippen LogP contribution in [0.25, 0.3) is 10.2 Å². The molecule has 0 fully saturated rings. The molecule has 0 atom stereocenters. The van der Waals surface area contributed by atoms with Gasteiger partial charge in [0.05, 0.1) is 15.7 Å². The summed E-state index contributed by atoms with van der Waals surface area (Å²) in [6.45, 7) is 2.01. The summed E-state index contributed by atoms with van der Waals surface area (Å²) in [5, 5.41) is 9.34. The number of hydrogen-bond acceptors (Lipinski definition) is 8. The molecule has 0 saturated carbocycles. The number of pyridine rings is 1. The smallest absolute Gasteiger partial charge is 0.255 e. The summed E-state index contributed by atoms with van der Waals surface area (Å²) in [6.07, 6.45) is 3.23. The van der Waals surface area contributed by atoms with Gasteiger partial charge in [-0.3, -0.25) is 4.79 Å². The summed E-state index contributed by atoms with van der Waals surface area (Å²) in [6, 6.07) is 18.6. The number of thiazole rings is 1. The SMILES string of the molecule is Cc1ccnc(Nc2cc(Nc3ccc(NC(=O)c4ccc5ncsc5c4)cc3)ncn2)c1. The first-order valence-corrected chi connectivity index (χ1v) is 11.0. The minimum Gasteiger partial charge on any atom is -0.340 e. The number of aromatic nitrogens is 4. The lowest BCUT2D eigenvalue weighted by atomic mass is 10.2. The van der Waals surface area contributed by atoms with Gasteiger partial charge in [-0.2, -0.15) is 0 Å². The first-order valence-electron chi connectivity index (χ1n) is 10.2. The summed E-state index contributed by atoms with van der Waals surface area (Å²) in [5.41, 5.74) is 5.90. The predicted octanol–water partition coefficient (Wildman–Crippen LogP) is 5.53. The number of anilines is 5. The number of hydrogen-bond donors (Lipinski definition) is 3. The van der Waals surface area contributed by atoms with Crippen molar-refractivity contribution >= 4 is 56.3 Å². The number of rotatable bonds is 6. The monoisotopic (exact) mass is 453 g/mol. The average molecular weight is 454 g/mol. The highest BCUT2D eigenvalue weighted by molar-refractivity contribution is 7.16. The van der Waals surface area contributed by atoms with Crippen LogP contribution in [0.3, 0.4) is 0 Å². The van der Waals surface area contributed by atoms with Crippen LogP contribution < -0.4 is 16.0 Å². The van der Waals surface area contributed by atoms with Crippen molar-refractivity contribution in [3.8, 4) is 0 Å². The number of benzene rings is 2. The van der Waals surface area contributed by atoms with Gasteiger partial charge in [-0.1, -0.05) is 0 Å². The van der Waals surface area contributed by atoms with Gasteiger partial charge in [0, 0.05) is 29.2 Å². The van der Waals surface area contributed by atoms with Crippen molar-refractivity contribution < 1.29 is 4.79 Å². The minimum absolute atomic E-state index is 0.165. The Morgan fingerprint density at radius 3 is 2.36 bits per heavy atom. The molecule has 3 N–H and O–H groups in total. The van der Waals surface area contributed by atoms with Crippen molar-refractivity contribution in [2.45, 2.75) is 6.92 Å². The van der Waals surface area contributed by atoms with Gasteiger partial charge >= 0.3 is 0 Å². The number of nitrogens with one attached hydrogen (secondary N) is 3. The van der Waals surface area contributed by atoms with E-state index in [4.69, 9.17) is 0 Å². The van der Waals surface area contributed by atoms with E-state index in [9.17, 15) is 4.79 Å². The molecule has 0 unspecified atom stereocenters. The van der Waals surface area contributed by atoms with Crippen LogP contribution in [-0.2, 0) is 0 Å². The maximum atomic E-state index is 12.6. The molecule has 0 radical (unpaired) electrons. The zero-order chi connectivity index (χ0) is 22.6. The molecular formula is C24H19N7OS. The quantitative estimate of drug-likeness (QED) is 0.310. The molecule has 5 aromatic rings. The Labute approximate surface area is 193 Å². The molecule has 8 nitrogen and oxygen atoms in total. The number of carbonyl (C=O) groups is 1. The number of carbonyl (C=O) groups excluding carboxylic acids is 1. The summed E-state index contributed by atoms with van der Waals surface area (Å²) in [5.74, 6) is 1.82. The Hall–Kier alpha value is -4.37. The van der Waals surface area contributed by atoms with Gasteiger partial charge in [-0.25, -0.2) is 19.9 Å². The van der Waals surface area contributed by atoms with E-state index in [1.54, 1.807) is 23.8 Å². The largest absolute Gasteiger partial charge is 0.340 e. The van der Waals surface area contributed by atoms with E-state index in [0.717, 1.165) is 21.5 Å². The zero-order valence-corrected chi connectivity index (χ0v) is 18.4. The molecule has 5 rings (SSSR count). The number of fused-ring (bicyclic) bond motifs is 1. The number of aryl methyl sites for hydroxylation is 1. The molecule has 0 spiro atoms. The molecule has 0 aliphatic heterocycles. The molecule has 0 saturated heterocycles. The summed E-state index contributed by atoms with van der Waals surface area (Å²) in [7, 11) is 0. The third kappa shape index (κ3) is 4.94. The Balaban J connectivity index is 1.24. The highest BCUT2D eigenvalue weighted by Crippen LogP contribution is 2.22. The van der Waals surface area contributed by atoms with Crippen LogP contribution in [0.1, 0.15) is 15.9 Å². The average Bonchev–Trinajstić information content (AvgIpc) is 3.29. The van der Waals surface area contributed by atoms with Crippen molar-refractivity contribution in [3.05, 3.63) is 89.8 Å². The van der Waals surface area contributed by atoms with E-state index in [1.165, 1.54) is 17.7 Å². The molecule has 9 heteroatoms. The van der Waals surface area contributed by atoms with Gasteiger partial charge < -0.3 is 16.0 Å². The van der Waals surface area contributed by atoms with E-state index in [-0.39, 0.29) is 5.91 Å². The minimum atomic E-state index is -0.165. The Morgan fingerprint density at radius 2 is 1.55 bits per heavy atom. The van der Waals surface area contributed by atoms with Crippen LogP contribution in [0.4, 0.5) is 28.8 Å². The van der Waals surface area contributed by atoms with E-state index >= 15 is 0 Å². The molecule has 0 bridgehead atoms. The fraction of sp³-hybridized carbons (Fsp3) is 0.0417. The lowest BCUT2D eigenvalue weighted by molar-refractivity contribution is 0.102. The van der Waals surface area contributed by atoms with Gasteiger partial charge in [0.1, 0.15) is 23.8 Å². The first-order chi connectivity index (χ1) is 16.1. The fourth-order valence-electron chi connectivity index (χ4n) is 3.21. The molecule has 2 aromatic carbocycles. The zero-order valence-electron chi connectivity index (χ0n) is 17.6. The third-order valence-corrected chi connectivity index (χ3v) is 5.64. The normalized spacial score (nSPS) is 10.7. The maximum absolute atomic E-state index is 12.6. The molecule has 1 amide bonds. The second kappa shape index (κ2) is 9.01. The van der Waals surface area contributed by atoms with Gasteiger partial charge in [0.25, 0.3) is 5.91 Å². The Bertz CT molecular complexity index is 1430. The molecule has 0 aliphatic carbocycles. The van der Waals surface area contributed by atoms with Crippen LogP contribution in [0.5, 0.6) is 0 Å². The van der Waals surface area contributed by atoms with Gasteiger partial charge in [0.15, 0.2) is 0 Å². The van der Waals surface area contributed by atoms with Crippen LogP contribution >= 0.6 is 11.3 Å². The first kappa shape index (κ1) is 20.5. The van der Waals surface area contributed by atoms with Crippen molar-refractivity contribution in [1.82, 2.24) is 19.9 Å². The molecule has 0 aliphatic rings. The van der Waals surface area contributed by atoms with E-state index < -0.39 is 0 Å². The predicted molar refractivity (Wildman–Crippen MR) is 132 cm³/mol. The van der Waals surface area contributed by atoms with Crippen LogP contribution in [-0.4, -0.2) is 25.8 Å². The van der Waals surface area contributed by atoms with Gasteiger partial charge in [0.2, 0.25) is 0 Å². The number of nitrogens with zero attached hydrogens (tertiary/aromatic N) is 4. The van der Waals surface area contributed by atoms with Crippen molar-refractivity contribution in [3.63, 3.8) is 0 Å².